The van der Waals surface area contributed by atoms with Crippen molar-refractivity contribution in [1.29, 1.82) is 0 Å². The van der Waals surface area contributed by atoms with E-state index in [1.165, 1.54) is 70.6 Å². The predicted octanol–water partition coefficient (Wildman–Crippen LogP) is 7.49. The molecule has 0 saturated heterocycles. The molecular formula is C17H37IS. The molecule has 0 aromatic carbocycles. The van der Waals surface area contributed by atoms with Gasteiger partial charge in [-0.2, -0.15) is 7.20 Å². The summed E-state index contributed by atoms with van der Waals surface area (Å²) in [7, 11) is -0.302. The summed E-state index contributed by atoms with van der Waals surface area (Å²) in [6.07, 6.45) is 15.8. The van der Waals surface area contributed by atoms with Gasteiger partial charge in [-0.05, 0) is 57.7 Å². The number of rotatable bonds is 14. The van der Waals surface area contributed by atoms with Gasteiger partial charge in [0.05, 0.1) is 0 Å². The van der Waals surface area contributed by atoms with Crippen molar-refractivity contribution in [3.63, 3.8) is 0 Å². The van der Waals surface area contributed by atoms with E-state index in [9.17, 15) is 0 Å². The summed E-state index contributed by atoms with van der Waals surface area (Å²) >= 11 is 2.90. The molecule has 0 N–H and O–H groups in total. The molecule has 0 unspecified atom stereocenters. The summed E-state index contributed by atoms with van der Waals surface area (Å²) in [5.74, 6) is 4.63. The van der Waals surface area contributed by atoms with Crippen LogP contribution in [0, 0.1) is 0 Å². The van der Waals surface area contributed by atoms with Crippen LogP contribution < -0.4 is 0 Å². The van der Waals surface area contributed by atoms with Gasteiger partial charge in [0, 0.05) is 0 Å². The van der Waals surface area contributed by atoms with Crippen LogP contribution in [0.5, 0.6) is 0 Å². The van der Waals surface area contributed by atoms with Crippen LogP contribution in [0.4, 0.5) is 0 Å². The summed E-state index contributed by atoms with van der Waals surface area (Å²) in [5, 5.41) is 0. The first-order valence-electron chi connectivity index (χ1n) is 8.64. The third-order valence-corrected chi connectivity index (χ3v) is 10.9. The molecule has 0 aromatic rings. The molecule has 0 radical (unpaired) electrons. The molecule has 0 saturated carbocycles. The molecular weight excluding hydrogens is 363 g/mol. The monoisotopic (exact) mass is 400 g/mol. The molecule has 0 aliphatic carbocycles. The average molecular weight is 400 g/mol. The first-order chi connectivity index (χ1) is 9.18. The molecule has 2 heteroatoms. The number of hydrogen-bond donors (Lipinski definition) is 0. The van der Waals surface area contributed by atoms with Gasteiger partial charge in [0.15, 0.2) is 0 Å². The third kappa shape index (κ3) is 12.5. The van der Waals surface area contributed by atoms with Crippen LogP contribution in [0.25, 0.3) is 0 Å². The maximum atomic E-state index is 2.90. The van der Waals surface area contributed by atoms with E-state index in [0.717, 1.165) is 0 Å². The molecule has 0 spiro atoms. The van der Waals surface area contributed by atoms with E-state index >= 15 is 0 Å². The molecule has 0 fully saturated rings. The van der Waals surface area contributed by atoms with Crippen LogP contribution in [-0.2, 0) is 0 Å². The van der Waals surface area contributed by atoms with Gasteiger partial charge in [-0.15, -0.1) is 0 Å². The average Bonchev–Trinajstić information content (AvgIpc) is 2.41. The summed E-state index contributed by atoms with van der Waals surface area (Å²) in [4.78, 5) is 0. The second-order valence-corrected chi connectivity index (χ2v) is 14.6. The predicted molar refractivity (Wildman–Crippen MR) is 104 cm³/mol. The summed E-state index contributed by atoms with van der Waals surface area (Å²) in [6.45, 7) is 6.96. The van der Waals surface area contributed by atoms with E-state index in [-0.39, 0.29) is 7.20 Å². The Labute approximate surface area is 136 Å². The molecule has 0 heterocycles. The summed E-state index contributed by atoms with van der Waals surface area (Å²) in [5.41, 5.74) is 0. The highest BCUT2D eigenvalue weighted by molar-refractivity contribution is 14.2. The topological polar surface area (TPSA) is 0 Å². The van der Waals surface area contributed by atoms with Crippen molar-refractivity contribution >= 4 is 28.4 Å². The molecule has 0 aliphatic rings. The van der Waals surface area contributed by atoms with Gasteiger partial charge in [-0.25, -0.2) is 0 Å². The Morgan fingerprint density at radius 2 is 0.842 bits per heavy atom. The molecule has 0 nitrogen and oxygen atoms in total. The molecule has 0 aromatic heterocycles. The van der Waals surface area contributed by atoms with E-state index in [4.69, 9.17) is 0 Å². The zero-order valence-electron chi connectivity index (χ0n) is 13.7. The Morgan fingerprint density at radius 1 is 0.526 bits per heavy atom. The van der Waals surface area contributed by atoms with E-state index in [1.54, 1.807) is 17.3 Å². The first kappa shape index (κ1) is 20.1. The molecule has 0 atom stereocenters. The van der Waals surface area contributed by atoms with Gasteiger partial charge in [0.2, 0.25) is 0 Å². The standard InChI is InChI=1S/C17H37IS/c1-4-7-10-13-16-19(18,15-12-9-6-3)17-14-11-8-5-2/h4-17H2,1-3H3. The van der Waals surface area contributed by atoms with Gasteiger partial charge in [0.25, 0.3) is 0 Å². The van der Waals surface area contributed by atoms with Crippen LogP contribution in [0.1, 0.15) is 91.4 Å². The van der Waals surface area contributed by atoms with Crippen LogP contribution in [0.2, 0.25) is 0 Å². The zero-order valence-corrected chi connectivity index (χ0v) is 16.7. The van der Waals surface area contributed by atoms with Crippen molar-refractivity contribution in [2.45, 2.75) is 91.4 Å². The Morgan fingerprint density at radius 3 is 1.21 bits per heavy atom. The van der Waals surface area contributed by atoms with Crippen molar-refractivity contribution in [3.8, 4) is 0 Å². The molecule has 0 rings (SSSR count). The zero-order chi connectivity index (χ0) is 14.4. The molecule has 0 aliphatic heterocycles. The van der Waals surface area contributed by atoms with Crippen molar-refractivity contribution in [2.24, 2.45) is 0 Å². The Bertz CT molecular complexity index is 170. The fourth-order valence-electron chi connectivity index (χ4n) is 2.49. The van der Waals surface area contributed by atoms with Crippen LogP contribution >= 0.6 is 28.4 Å². The minimum atomic E-state index is -0.302. The Kier molecular flexibility index (Phi) is 14.8. The minimum Gasteiger partial charge on any atom is -0.187 e. The quantitative estimate of drug-likeness (QED) is 0.209. The van der Waals surface area contributed by atoms with Gasteiger partial charge >= 0.3 is 0 Å². The lowest BCUT2D eigenvalue weighted by Gasteiger charge is -2.34. The van der Waals surface area contributed by atoms with E-state index in [2.05, 4.69) is 42.0 Å². The SMILES string of the molecule is CCCCCCS(I)(CCCCC)CCCCCC. The third-order valence-electron chi connectivity index (χ3n) is 3.84. The van der Waals surface area contributed by atoms with Crippen molar-refractivity contribution in [3.05, 3.63) is 0 Å². The maximum absolute atomic E-state index is 2.90. The summed E-state index contributed by atoms with van der Waals surface area (Å²) < 4.78 is 0. The van der Waals surface area contributed by atoms with Gasteiger partial charge in [-0.1, -0.05) is 72.1 Å². The normalized spacial score (nSPS) is 12.8. The van der Waals surface area contributed by atoms with Gasteiger partial charge < -0.3 is 0 Å². The highest BCUT2D eigenvalue weighted by Gasteiger charge is 2.18. The molecule has 19 heavy (non-hydrogen) atoms. The van der Waals surface area contributed by atoms with E-state index < -0.39 is 0 Å². The van der Waals surface area contributed by atoms with Crippen LogP contribution in [0.3, 0.4) is 0 Å². The van der Waals surface area contributed by atoms with E-state index in [0.29, 0.717) is 0 Å². The lowest BCUT2D eigenvalue weighted by Crippen LogP contribution is -2.08. The summed E-state index contributed by atoms with van der Waals surface area (Å²) in [6, 6.07) is 0. The molecule has 0 bridgehead atoms. The smallest absolute Gasteiger partial charge is 0.0144 e. The molecule has 118 valence electrons. The fraction of sp³-hybridized carbons (Fsp3) is 1.00. The fourth-order valence-corrected chi connectivity index (χ4v) is 8.07. The van der Waals surface area contributed by atoms with Gasteiger partial charge in [0.1, 0.15) is 0 Å². The highest BCUT2D eigenvalue weighted by Crippen LogP contribution is 2.58. The second-order valence-electron chi connectivity index (χ2n) is 5.88. The minimum absolute atomic E-state index is 0.302. The number of unbranched alkanes of at least 4 members (excludes halogenated alkanes) is 8. The van der Waals surface area contributed by atoms with Crippen LogP contribution in [-0.4, -0.2) is 17.3 Å². The Balaban J connectivity index is 3.96. The van der Waals surface area contributed by atoms with Crippen molar-refractivity contribution in [2.75, 3.05) is 17.3 Å². The van der Waals surface area contributed by atoms with Gasteiger partial charge in [-0.3, -0.25) is 0 Å². The number of halogens is 1. The highest BCUT2D eigenvalue weighted by atomic mass is 127. The largest absolute Gasteiger partial charge is 0.187 e. The van der Waals surface area contributed by atoms with Crippen LogP contribution in [0.15, 0.2) is 0 Å². The number of hydrogen-bond acceptors (Lipinski definition) is 0. The maximum Gasteiger partial charge on any atom is -0.0144 e. The lowest BCUT2D eigenvalue weighted by atomic mass is 10.2. The molecule has 0 amide bonds. The van der Waals surface area contributed by atoms with Crippen molar-refractivity contribution in [1.82, 2.24) is 0 Å². The second kappa shape index (κ2) is 14.0. The van der Waals surface area contributed by atoms with Crippen molar-refractivity contribution < 1.29 is 0 Å². The Hall–Kier alpha value is 1.08. The first-order valence-corrected chi connectivity index (χ1v) is 13.3. The van der Waals surface area contributed by atoms with E-state index in [1.807, 2.05) is 0 Å². The lowest BCUT2D eigenvalue weighted by molar-refractivity contribution is 0.696.